The fourth-order valence-electron chi connectivity index (χ4n) is 3.98. The quantitative estimate of drug-likeness (QED) is 0.849. The van der Waals surface area contributed by atoms with Gasteiger partial charge in [0.15, 0.2) is 5.79 Å². The Morgan fingerprint density at radius 1 is 1.26 bits per heavy atom. The summed E-state index contributed by atoms with van der Waals surface area (Å²) in [6.07, 6.45) is 8.75. The minimum Gasteiger partial charge on any atom is -0.347 e. The summed E-state index contributed by atoms with van der Waals surface area (Å²) in [4.78, 5) is 2.54. The summed E-state index contributed by atoms with van der Waals surface area (Å²) in [5.74, 6) is -0.218. The maximum Gasteiger partial charge on any atom is 0.168 e. The molecule has 1 spiro atoms. The molecule has 3 atom stereocenters. The second kappa shape index (κ2) is 5.68. The van der Waals surface area contributed by atoms with E-state index in [1.807, 2.05) is 0 Å². The van der Waals surface area contributed by atoms with Crippen molar-refractivity contribution < 1.29 is 9.47 Å². The van der Waals surface area contributed by atoms with Gasteiger partial charge in [-0.25, -0.2) is 0 Å². The van der Waals surface area contributed by atoms with E-state index in [0.717, 1.165) is 26.0 Å². The lowest BCUT2D eigenvalue weighted by Gasteiger charge is -2.39. The van der Waals surface area contributed by atoms with Crippen molar-refractivity contribution >= 4 is 0 Å². The predicted octanol–water partition coefficient (Wildman–Crippen LogP) is 1.87. The Balaban J connectivity index is 1.55. The molecule has 0 aromatic heterocycles. The first-order valence-corrected chi connectivity index (χ1v) is 8.00. The van der Waals surface area contributed by atoms with Crippen LogP contribution < -0.4 is 5.73 Å². The van der Waals surface area contributed by atoms with Gasteiger partial charge in [0.25, 0.3) is 0 Å². The van der Waals surface area contributed by atoms with E-state index in [4.69, 9.17) is 15.2 Å². The van der Waals surface area contributed by atoms with Gasteiger partial charge in [-0.3, -0.25) is 4.90 Å². The summed E-state index contributed by atoms with van der Waals surface area (Å²) >= 11 is 0. The van der Waals surface area contributed by atoms with Crippen LogP contribution in [0, 0.1) is 0 Å². The highest BCUT2D eigenvalue weighted by Crippen LogP contribution is 2.39. The number of hydrogen-bond donors (Lipinski definition) is 1. The average molecular weight is 268 g/mol. The molecule has 2 N–H and O–H groups in total. The number of nitrogens with zero attached hydrogens (tertiary/aromatic N) is 1. The smallest absolute Gasteiger partial charge is 0.168 e. The Morgan fingerprint density at radius 3 is 2.79 bits per heavy atom. The first-order chi connectivity index (χ1) is 9.19. The zero-order chi connectivity index (χ0) is 13.3. The van der Waals surface area contributed by atoms with Gasteiger partial charge in [0.1, 0.15) is 0 Å². The number of nitrogens with two attached hydrogens (primary N) is 1. The third-order valence-corrected chi connectivity index (χ3v) is 4.99. The Morgan fingerprint density at radius 2 is 2.05 bits per heavy atom. The maximum atomic E-state index is 6.24. The third-order valence-electron chi connectivity index (χ3n) is 4.99. The highest BCUT2D eigenvalue weighted by Gasteiger charge is 2.44. The second-order valence-electron chi connectivity index (χ2n) is 6.59. The Labute approximate surface area is 116 Å². The molecule has 0 radical (unpaired) electrons. The summed E-state index contributed by atoms with van der Waals surface area (Å²) in [6.45, 7) is 5.06. The number of piperidine rings is 1. The van der Waals surface area contributed by atoms with E-state index in [1.165, 1.54) is 38.6 Å². The van der Waals surface area contributed by atoms with Crippen LogP contribution in [0.3, 0.4) is 0 Å². The molecule has 0 amide bonds. The lowest BCUT2D eigenvalue weighted by Crippen LogP contribution is -2.51. The standard InChI is InChI=1S/C15H28N2O2/c1-12(16)14-6-2-5-9-17(14)10-13-11-18-15(19-13)7-3-4-8-15/h12-14H,2-11,16H2,1H3. The average Bonchev–Trinajstić information content (AvgIpc) is 3.01. The number of ether oxygens (including phenoxy) is 2. The highest BCUT2D eigenvalue weighted by molar-refractivity contribution is 4.89. The van der Waals surface area contributed by atoms with Crippen LogP contribution in [-0.2, 0) is 9.47 Å². The van der Waals surface area contributed by atoms with Gasteiger partial charge in [0, 0.05) is 31.5 Å². The molecule has 3 aliphatic rings. The molecule has 0 bridgehead atoms. The van der Waals surface area contributed by atoms with Crippen LogP contribution in [0.4, 0.5) is 0 Å². The molecule has 3 unspecified atom stereocenters. The van der Waals surface area contributed by atoms with Gasteiger partial charge >= 0.3 is 0 Å². The lowest BCUT2D eigenvalue weighted by molar-refractivity contribution is -0.164. The molecular formula is C15H28N2O2. The summed E-state index contributed by atoms with van der Waals surface area (Å²) in [6, 6.07) is 0.778. The molecule has 3 rings (SSSR count). The van der Waals surface area contributed by atoms with E-state index in [0.29, 0.717) is 6.04 Å². The van der Waals surface area contributed by atoms with E-state index < -0.39 is 0 Å². The van der Waals surface area contributed by atoms with Gasteiger partial charge in [-0.15, -0.1) is 0 Å². The summed E-state index contributed by atoms with van der Waals surface area (Å²) in [7, 11) is 0. The molecule has 1 aliphatic carbocycles. The van der Waals surface area contributed by atoms with Crippen molar-refractivity contribution in [1.82, 2.24) is 4.90 Å². The van der Waals surface area contributed by atoms with E-state index >= 15 is 0 Å². The zero-order valence-corrected chi connectivity index (χ0v) is 12.1. The monoisotopic (exact) mass is 268 g/mol. The van der Waals surface area contributed by atoms with Crippen LogP contribution in [0.1, 0.15) is 51.9 Å². The maximum absolute atomic E-state index is 6.24. The van der Waals surface area contributed by atoms with E-state index in [2.05, 4.69) is 11.8 Å². The van der Waals surface area contributed by atoms with Crippen molar-refractivity contribution in [3.63, 3.8) is 0 Å². The molecule has 2 aliphatic heterocycles. The topological polar surface area (TPSA) is 47.7 Å². The molecule has 4 heteroatoms. The van der Waals surface area contributed by atoms with Crippen LogP contribution in [-0.4, -0.2) is 48.6 Å². The third kappa shape index (κ3) is 2.97. The number of likely N-dealkylation sites (tertiary alicyclic amines) is 1. The second-order valence-corrected chi connectivity index (χ2v) is 6.59. The number of hydrogen-bond acceptors (Lipinski definition) is 4. The summed E-state index contributed by atoms with van der Waals surface area (Å²) in [5.41, 5.74) is 6.13. The molecule has 19 heavy (non-hydrogen) atoms. The first-order valence-electron chi connectivity index (χ1n) is 8.00. The normalized spacial score (nSPS) is 36.9. The minimum atomic E-state index is -0.218. The van der Waals surface area contributed by atoms with Gasteiger partial charge in [-0.1, -0.05) is 6.42 Å². The fraction of sp³-hybridized carbons (Fsp3) is 1.00. The SMILES string of the molecule is CC(N)C1CCCCN1CC1COC2(CCCC2)O1. The van der Waals surface area contributed by atoms with Crippen molar-refractivity contribution in [3.05, 3.63) is 0 Å². The van der Waals surface area contributed by atoms with Gasteiger partial charge in [-0.05, 0) is 39.2 Å². The Hall–Kier alpha value is -0.160. The number of rotatable bonds is 3. The van der Waals surface area contributed by atoms with Crippen LogP contribution >= 0.6 is 0 Å². The van der Waals surface area contributed by atoms with Gasteiger partial charge in [-0.2, -0.15) is 0 Å². The summed E-state index contributed by atoms with van der Waals surface area (Å²) in [5, 5.41) is 0. The minimum absolute atomic E-state index is 0.218. The molecule has 3 fully saturated rings. The Bertz CT molecular complexity index is 303. The van der Waals surface area contributed by atoms with Crippen LogP contribution in [0.15, 0.2) is 0 Å². The predicted molar refractivity (Wildman–Crippen MR) is 74.9 cm³/mol. The lowest BCUT2D eigenvalue weighted by atomic mass is 9.96. The van der Waals surface area contributed by atoms with Gasteiger partial charge < -0.3 is 15.2 Å². The van der Waals surface area contributed by atoms with E-state index in [1.54, 1.807) is 0 Å². The van der Waals surface area contributed by atoms with Crippen LogP contribution in [0.25, 0.3) is 0 Å². The zero-order valence-electron chi connectivity index (χ0n) is 12.1. The molecular weight excluding hydrogens is 240 g/mol. The molecule has 110 valence electrons. The van der Waals surface area contributed by atoms with Crippen molar-refractivity contribution in [2.45, 2.75) is 75.8 Å². The highest BCUT2D eigenvalue weighted by atomic mass is 16.7. The molecule has 0 aromatic rings. The molecule has 2 saturated heterocycles. The van der Waals surface area contributed by atoms with Crippen molar-refractivity contribution in [1.29, 1.82) is 0 Å². The van der Waals surface area contributed by atoms with Gasteiger partial charge in [0.05, 0.1) is 12.7 Å². The van der Waals surface area contributed by atoms with Crippen LogP contribution in [0.5, 0.6) is 0 Å². The van der Waals surface area contributed by atoms with Crippen molar-refractivity contribution in [2.75, 3.05) is 19.7 Å². The molecule has 0 aromatic carbocycles. The van der Waals surface area contributed by atoms with Crippen molar-refractivity contribution in [3.8, 4) is 0 Å². The molecule has 2 heterocycles. The largest absolute Gasteiger partial charge is 0.347 e. The van der Waals surface area contributed by atoms with Gasteiger partial charge in [0.2, 0.25) is 0 Å². The molecule has 1 saturated carbocycles. The molecule has 4 nitrogen and oxygen atoms in total. The van der Waals surface area contributed by atoms with E-state index in [-0.39, 0.29) is 17.9 Å². The Kier molecular flexibility index (Phi) is 4.13. The fourth-order valence-corrected chi connectivity index (χ4v) is 3.98. The van der Waals surface area contributed by atoms with Crippen molar-refractivity contribution in [2.24, 2.45) is 5.73 Å². The van der Waals surface area contributed by atoms with Crippen LogP contribution in [0.2, 0.25) is 0 Å². The summed E-state index contributed by atoms with van der Waals surface area (Å²) < 4.78 is 12.2. The van der Waals surface area contributed by atoms with E-state index in [9.17, 15) is 0 Å². The first kappa shape index (κ1) is 13.8.